The molecule has 2 rings (SSSR count). The Morgan fingerprint density at radius 1 is 1.41 bits per heavy atom. The molecule has 0 aromatic carbocycles. The highest BCUT2D eigenvalue weighted by Crippen LogP contribution is 2.09. The molecule has 8 nitrogen and oxygen atoms in total. The number of fused-ring (bicyclic) bond motifs is 1. The van der Waals surface area contributed by atoms with Crippen LogP contribution < -0.4 is 0 Å². The number of rotatable bonds is 4. The van der Waals surface area contributed by atoms with Crippen LogP contribution in [-0.2, 0) is 11.3 Å². The number of aliphatic carboxylic acids is 1. The third kappa shape index (κ3) is 2.22. The Kier molecular flexibility index (Phi) is 2.98. The second kappa shape index (κ2) is 4.44. The van der Waals surface area contributed by atoms with E-state index in [0.29, 0.717) is 11.2 Å². The topological polar surface area (TPSA) is 121 Å². The van der Waals surface area contributed by atoms with E-state index in [1.165, 1.54) is 23.4 Å². The van der Waals surface area contributed by atoms with Gasteiger partial charge in [0.05, 0.1) is 19.1 Å². The second-order valence-electron chi connectivity index (χ2n) is 3.48. The Labute approximate surface area is 95.2 Å². The van der Waals surface area contributed by atoms with Gasteiger partial charge in [-0.05, 0) is 0 Å². The van der Waals surface area contributed by atoms with Gasteiger partial charge >= 0.3 is 5.97 Å². The predicted octanol–water partition coefficient (Wildman–Crippen LogP) is -1.37. The lowest BCUT2D eigenvalue weighted by Gasteiger charge is -2.14. The van der Waals surface area contributed by atoms with E-state index < -0.39 is 18.2 Å². The van der Waals surface area contributed by atoms with E-state index in [-0.39, 0.29) is 6.54 Å². The molecule has 0 aliphatic carbocycles. The van der Waals surface area contributed by atoms with E-state index >= 15 is 0 Å². The maximum absolute atomic E-state index is 10.5. The van der Waals surface area contributed by atoms with Crippen LogP contribution in [-0.4, -0.2) is 53.0 Å². The Morgan fingerprint density at radius 3 is 2.88 bits per heavy atom. The number of aromatic nitrogens is 4. The van der Waals surface area contributed by atoms with Gasteiger partial charge in [0.15, 0.2) is 11.8 Å². The normalized spacial score (nSPS) is 14.7. The Hall–Kier alpha value is -2.06. The molecule has 8 heteroatoms. The molecule has 0 radical (unpaired) electrons. The number of aliphatic hydroxyl groups is 2. The summed E-state index contributed by atoms with van der Waals surface area (Å²) >= 11 is 0. The summed E-state index contributed by atoms with van der Waals surface area (Å²) in [7, 11) is 0. The van der Waals surface area contributed by atoms with Crippen molar-refractivity contribution in [3.05, 3.63) is 18.9 Å². The standard InChI is InChI=1S/C9H10N4O4/c14-6(7(15)9(16)17)2-13-4-12-5-1-10-3-11-8(5)13/h1,3-4,6-7,14-15H,2H2,(H,16,17)/t6-,7-/m1/s1. The van der Waals surface area contributed by atoms with Gasteiger partial charge in [-0.3, -0.25) is 0 Å². The molecule has 2 heterocycles. The van der Waals surface area contributed by atoms with Gasteiger partial charge in [0, 0.05) is 0 Å². The van der Waals surface area contributed by atoms with Crippen LogP contribution in [0.5, 0.6) is 0 Å². The van der Waals surface area contributed by atoms with Crippen LogP contribution in [0.2, 0.25) is 0 Å². The molecule has 0 saturated carbocycles. The Morgan fingerprint density at radius 2 is 2.18 bits per heavy atom. The fourth-order valence-corrected chi connectivity index (χ4v) is 1.41. The fraction of sp³-hybridized carbons (Fsp3) is 0.333. The molecule has 0 unspecified atom stereocenters. The summed E-state index contributed by atoms with van der Waals surface area (Å²) in [4.78, 5) is 22.2. The first-order chi connectivity index (χ1) is 8.09. The highest BCUT2D eigenvalue weighted by molar-refractivity contribution is 5.73. The van der Waals surface area contributed by atoms with E-state index in [9.17, 15) is 9.90 Å². The molecule has 2 aromatic heterocycles. The van der Waals surface area contributed by atoms with Crippen molar-refractivity contribution in [3.8, 4) is 0 Å². The van der Waals surface area contributed by atoms with Gasteiger partial charge in [-0.1, -0.05) is 0 Å². The average Bonchev–Trinajstić information content (AvgIpc) is 2.71. The minimum atomic E-state index is -1.84. The summed E-state index contributed by atoms with van der Waals surface area (Å²) in [5, 5.41) is 27.2. The molecular formula is C9H10N4O4. The van der Waals surface area contributed by atoms with E-state index in [1.807, 2.05) is 0 Å². The van der Waals surface area contributed by atoms with Crippen molar-refractivity contribution in [1.29, 1.82) is 0 Å². The van der Waals surface area contributed by atoms with Crippen molar-refractivity contribution in [2.45, 2.75) is 18.8 Å². The Balaban J connectivity index is 2.21. The van der Waals surface area contributed by atoms with Crippen molar-refractivity contribution in [2.24, 2.45) is 0 Å². The van der Waals surface area contributed by atoms with Crippen molar-refractivity contribution in [3.63, 3.8) is 0 Å². The van der Waals surface area contributed by atoms with Crippen LogP contribution in [0.15, 0.2) is 18.9 Å². The number of hydrogen-bond acceptors (Lipinski definition) is 6. The summed E-state index contributed by atoms with van der Waals surface area (Å²) in [5.74, 6) is -1.48. The Bertz CT molecular complexity index is 541. The number of hydrogen-bond donors (Lipinski definition) is 3. The monoisotopic (exact) mass is 238 g/mol. The maximum atomic E-state index is 10.5. The van der Waals surface area contributed by atoms with Gasteiger partial charge in [-0.25, -0.2) is 19.7 Å². The summed E-state index contributed by atoms with van der Waals surface area (Å²) in [6.45, 7) is -0.110. The van der Waals surface area contributed by atoms with Gasteiger partial charge in [-0.2, -0.15) is 0 Å². The van der Waals surface area contributed by atoms with Crippen LogP contribution in [0.3, 0.4) is 0 Å². The lowest BCUT2D eigenvalue weighted by atomic mass is 10.2. The average molecular weight is 238 g/mol. The van der Waals surface area contributed by atoms with Crippen LogP contribution in [0, 0.1) is 0 Å². The van der Waals surface area contributed by atoms with E-state index in [0.717, 1.165) is 0 Å². The van der Waals surface area contributed by atoms with Gasteiger partial charge in [0.1, 0.15) is 17.9 Å². The minimum Gasteiger partial charge on any atom is -0.479 e. The quantitative estimate of drug-likeness (QED) is 0.600. The largest absolute Gasteiger partial charge is 0.479 e. The lowest BCUT2D eigenvalue weighted by Crippen LogP contribution is -2.36. The number of carboxylic acid groups (broad SMARTS) is 1. The highest BCUT2D eigenvalue weighted by atomic mass is 16.4. The number of carboxylic acids is 1. The molecule has 0 spiro atoms. The third-order valence-electron chi connectivity index (χ3n) is 2.28. The van der Waals surface area contributed by atoms with E-state index in [2.05, 4.69) is 15.0 Å². The zero-order chi connectivity index (χ0) is 12.4. The molecular weight excluding hydrogens is 228 g/mol. The molecule has 3 N–H and O–H groups in total. The summed E-state index contributed by atoms with van der Waals surface area (Å²) in [5.41, 5.74) is 1.00. The molecule has 0 fully saturated rings. The van der Waals surface area contributed by atoms with Gasteiger partial charge in [0.25, 0.3) is 0 Å². The van der Waals surface area contributed by atoms with Crippen molar-refractivity contribution in [2.75, 3.05) is 0 Å². The SMILES string of the molecule is O=C(O)[C@H](O)[C@H](O)Cn1cnc2cncnc21. The van der Waals surface area contributed by atoms with Crippen molar-refractivity contribution in [1.82, 2.24) is 19.5 Å². The first kappa shape index (κ1) is 11.4. The molecule has 0 aliphatic rings. The van der Waals surface area contributed by atoms with Crippen molar-refractivity contribution >= 4 is 17.1 Å². The molecule has 0 saturated heterocycles. The van der Waals surface area contributed by atoms with Gasteiger partial charge < -0.3 is 19.9 Å². The van der Waals surface area contributed by atoms with Crippen LogP contribution in [0.25, 0.3) is 11.2 Å². The molecule has 17 heavy (non-hydrogen) atoms. The third-order valence-corrected chi connectivity index (χ3v) is 2.28. The van der Waals surface area contributed by atoms with E-state index in [4.69, 9.17) is 10.2 Å². The van der Waals surface area contributed by atoms with Crippen LogP contribution in [0.4, 0.5) is 0 Å². The zero-order valence-corrected chi connectivity index (χ0v) is 8.63. The molecule has 2 atom stereocenters. The zero-order valence-electron chi connectivity index (χ0n) is 8.63. The predicted molar refractivity (Wildman–Crippen MR) is 55.0 cm³/mol. The molecule has 0 bridgehead atoms. The fourth-order valence-electron chi connectivity index (χ4n) is 1.41. The number of nitrogens with zero attached hydrogens (tertiary/aromatic N) is 4. The van der Waals surface area contributed by atoms with Gasteiger partial charge in [-0.15, -0.1) is 0 Å². The summed E-state index contributed by atoms with van der Waals surface area (Å²) in [6, 6.07) is 0. The number of carbonyl (C=O) groups is 1. The second-order valence-corrected chi connectivity index (χ2v) is 3.48. The lowest BCUT2D eigenvalue weighted by molar-refractivity contribution is -0.153. The number of aliphatic hydroxyl groups excluding tert-OH is 2. The van der Waals surface area contributed by atoms with E-state index in [1.54, 1.807) is 0 Å². The van der Waals surface area contributed by atoms with Crippen molar-refractivity contribution < 1.29 is 20.1 Å². The maximum Gasteiger partial charge on any atom is 0.335 e. The van der Waals surface area contributed by atoms with Gasteiger partial charge in [0.2, 0.25) is 0 Å². The molecule has 0 amide bonds. The summed E-state index contributed by atoms with van der Waals surface area (Å²) < 4.78 is 1.45. The highest BCUT2D eigenvalue weighted by Gasteiger charge is 2.24. The molecule has 90 valence electrons. The minimum absolute atomic E-state index is 0.110. The first-order valence-corrected chi connectivity index (χ1v) is 4.79. The molecule has 0 aliphatic heterocycles. The number of imidazole rings is 1. The smallest absolute Gasteiger partial charge is 0.335 e. The van der Waals surface area contributed by atoms with Crippen LogP contribution >= 0.6 is 0 Å². The summed E-state index contributed by atoms with van der Waals surface area (Å²) in [6.07, 6.45) is 0.949. The van der Waals surface area contributed by atoms with Crippen LogP contribution in [0.1, 0.15) is 0 Å². The molecule has 2 aromatic rings. The first-order valence-electron chi connectivity index (χ1n) is 4.79.